The fourth-order valence-electron chi connectivity index (χ4n) is 3.54. The molecule has 0 unspecified atom stereocenters. The molecule has 1 fully saturated rings. The van der Waals surface area contributed by atoms with Crippen molar-refractivity contribution in [1.29, 1.82) is 0 Å². The molecule has 0 spiro atoms. The van der Waals surface area contributed by atoms with Crippen molar-refractivity contribution >= 4 is 5.91 Å². The maximum atomic E-state index is 12.4. The van der Waals surface area contributed by atoms with E-state index >= 15 is 0 Å². The number of likely N-dealkylation sites (tertiary alicyclic amines) is 1. The molecule has 3 aromatic rings. The van der Waals surface area contributed by atoms with E-state index in [-0.39, 0.29) is 5.91 Å². The molecule has 9 heteroatoms. The Morgan fingerprint density at radius 2 is 2.12 bits per heavy atom. The minimum absolute atomic E-state index is 0.0127. The lowest BCUT2D eigenvalue weighted by molar-refractivity contribution is 0.0704. The lowest BCUT2D eigenvalue weighted by Crippen LogP contribution is -2.38. The molecule has 3 aromatic heterocycles. The standard InChI is InChI=1S/C17H22N8O/c1-2-25-15(11-23-10-7-18-12-23)21-22-16(25)13-4-8-24(9-5-13)17(26)14-3-6-19-20-14/h3,6-7,10,12-13H,2,4-5,8-9,11H2,1H3,(H,19,20). The minimum atomic E-state index is 0.0127. The highest BCUT2D eigenvalue weighted by molar-refractivity contribution is 5.92. The molecule has 1 saturated heterocycles. The Bertz CT molecular complexity index is 844. The second kappa shape index (κ2) is 7.11. The first kappa shape index (κ1) is 16.5. The summed E-state index contributed by atoms with van der Waals surface area (Å²) in [5, 5.41) is 15.5. The van der Waals surface area contributed by atoms with Crippen molar-refractivity contribution < 1.29 is 4.79 Å². The van der Waals surface area contributed by atoms with E-state index in [1.54, 1.807) is 24.8 Å². The van der Waals surface area contributed by atoms with Crippen molar-refractivity contribution in [2.45, 2.75) is 38.8 Å². The highest BCUT2D eigenvalue weighted by Crippen LogP contribution is 2.28. The van der Waals surface area contributed by atoms with E-state index in [9.17, 15) is 4.79 Å². The van der Waals surface area contributed by atoms with Gasteiger partial charge in [0.1, 0.15) is 11.5 Å². The zero-order valence-corrected chi connectivity index (χ0v) is 14.7. The van der Waals surface area contributed by atoms with Gasteiger partial charge in [-0.3, -0.25) is 9.89 Å². The van der Waals surface area contributed by atoms with Crippen LogP contribution >= 0.6 is 0 Å². The number of aromatic amines is 1. The van der Waals surface area contributed by atoms with Crippen LogP contribution in [0.5, 0.6) is 0 Å². The molecule has 26 heavy (non-hydrogen) atoms. The molecule has 0 radical (unpaired) electrons. The van der Waals surface area contributed by atoms with Gasteiger partial charge in [0.2, 0.25) is 0 Å². The Morgan fingerprint density at radius 1 is 1.27 bits per heavy atom. The molecule has 136 valence electrons. The maximum absolute atomic E-state index is 12.4. The van der Waals surface area contributed by atoms with Gasteiger partial charge in [0.05, 0.1) is 12.9 Å². The molecule has 4 heterocycles. The molecular formula is C17H22N8O. The van der Waals surface area contributed by atoms with E-state index < -0.39 is 0 Å². The molecule has 9 nitrogen and oxygen atoms in total. The Kier molecular flexibility index (Phi) is 4.51. The molecule has 4 rings (SSSR count). The molecule has 0 aliphatic carbocycles. The van der Waals surface area contributed by atoms with Crippen LogP contribution < -0.4 is 0 Å². The van der Waals surface area contributed by atoms with Gasteiger partial charge in [-0.1, -0.05) is 0 Å². The summed E-state index contributed by atoms with van der Waals surface area (Å²) in [6.07, 6.45) is 8.86. The second-order valence-corrected chi connectivity index (χ2v) is 6.49. The van der Waals surface area contributed by atoms with E-state index in [1.807, 2.05) is 15.7 Å². The highest BCUT2D eigenvalue weighted by Gasteiger charge is 2.28. The molecular weight excluding hydrogens is 332 g/mol. The summed E-state index contributed by atoms with van der Waals surface area (Å²) in [5.41, 5.74) is 0.544. The minimum Gasteiger partial charge on any atom is -0.337 e. The molecule has 1 amide bonds. The van der Waals surface area contributed by atoms with Crippen LogP contribution in [0.15, 0.2) is 31.0 Å². The summed E-state index contributed by atoms with van der Waals surface area (Å²) in [5.74, 6) is 2.30. The topological polar surface area (TPSA) is 97.5 Å². The largest absolute Gasteiger partial charge is 0.337 e. The van der Waals surface area contributed by atoms with Gasteiger partial charge in [-0.2, -0.15) is 5.10 Å². The summed E-state index contributed by atoms with van der Waals surface area (Å²) < 4.78 is 4.18. The summed E-state index contributed by atoms with van der Waals surface area (Å²) >= 11 is 0. The number of amides is 1. The Hall–Kier alpha value is -2.97. The third-order valence-corrected chi connectivity index (χ3v) is 4.93. The summed E-state index contributed by atoms with van der Waals surface area (Å²) in [6.45, 7) is 5.05. The maximum Gasteiger partial charge on any atom is 0.271 e. The highest BCUT2D eigenvalue weighted by atomic mass is 16.2. The number of hydrogen-bond acceptors (Lipinski definition) is 5. The first-order valence-electron chi connectivity index (χ1n) is 8.92. The van der Waals surface area contributed by atoms with Crippen LogP contribution in [-0.4, -0.2) is 58.4 Å². The quantitative estimate of drug-likeness (QED) is 0.744. The summed E-state index contributed by atoms with van der Waals surface area (Å²) in [7, 11) is 0. The van der Waals surface area contributed by atoms with Gasteiger partial charge in [0.25, 0.3) is 5.91 Å². The third-order valence-electron chi connectivity index (χ3n) is 4.93. The summed E-state index contributed by atoms with van der Waals surface area (Å²) in [6, 6.07) is 1.71. The molecule has 1 aliphatic rings. The van der Waals surface area contributed by atoms with E-state index in [4.69, 9.17) is 0 Å². The van der Waals surface area contributed by atoms with Crippen molar-refractivity contribution in [2.24, 2.45) is 0 Å². The average molecular weight is 354 g/mol. The third kappa shape index (κ3) is 3.12. The van der Waals surface area contributed by atoms with Crippen LogP contribution in [0, 0.1) is 0 Å². The van der Waals surface area contributed by atoms with Gasteiger partial charge in [0.15, 0.2) is 5.82 Å². The number of nitrogens with one attached hydrogen (secondary N) is 1. The van der Waals surface area contributed by atoms with Crippen LogP contribution in [0.1, 0.15) is 47.8 Å². The predicted molar refractivity (Wildman–Crippen MR) is 93.5 cm³/mol. The normalized spacial score (nSPS) is 15.5. The van der Waals surface area contributed by atoms with Crippen LogP contribution in [0.2, 0.25) is 0 Å². The van der Waals surface area contributed by atoms with Crippen molar-refractivity contribution in [3.63, 3.8) is 0 Å². The smallest absolute Gasteiger partial charge is 0.271 e. The summed E-state index contributed by atoms with van der Waals surface area (Å²) in [4.78, 5) is 18.4. The van der Waals surface area contributed by atoms with Crippen molar-refractivity contribution in [3.05, 3.63) is 48.3 Å². The van der Waals surface area contributed by atoms with Crippen molar-refractivity contribution in [3.8, 4) is 0 Å². The number of carbonyl (C=O) groups is 1. The molecule has 1 aliphatic heterocycles. The first-order chi connectivity index (χ1) is 12.8. The number of H-pyrrole nitrogens is 1. The fraction of sp³-hybridized carbons (Fsp3) is 0.471. The molecule has 0 aromatic carbocycles. The molecule has 0 bridgehead atoms. The van der Waals surface area contributed by atoms with Gasteiger partial charge in [-0.25, -0.2) is 4.98 Å². The molecule has 0 atom stereocenters. The zero-order valence-electron chi connectivity index (χ0n) is 14.7. The van der Waals surface area contributed by atoms with E-state index in [0.717, 1.165) is 44.1 Å². The number of carbonyl (C=O) groups excluding carboxylic acids is 1. The van der Waals surface area contributed by atoms with Crippen LogP contribution in [0.3, 0.4) is 0 Å². The zero-order chi connectivity index (χ0) is 17.9. The number of nitrogens with zero attached hydrogens (tertiary/aromatic N) is 7. The predicted octanol–water partition coefficient (Wildman–Crippen LogP) is 1.29. The van der Waals surface area contributed by atoms with Crippen LogP contribution in [0.25, 0.3) is 0 Å². The molecule has 1 N–H and O–H groups in total. The molecule has 0 saturated carbocycles. The van der Waals surface area contributed by atoms with Crippen LogP contribution in [0.4, 0.5) is 0 Å². The van der Waals surface area contributed by atoms with Gasteiger partial charge >= 0.3 is 0 Å². The Morgan fingerprint density at radius 3 is 2.77 bits per heavy atom. The number of rotatable bonds is 5. The van der Waals surface area contributed by atoms with E-state index in [0.29, 0.717) is 18.2 Å². The number of imidazole rings is 1. The first-order valence-corrected chi connectivity index (χ1v) is 8.92. The SMILES string of the molecule is CCn1c(Cn2ccnc2)nnc1C1CCN(C(=O)c2ccn[nH]2)CC1. The fourth-order valence-corrected chi connectivity index (χ4v) is 3.54. The number of aromatic nitrogens is 7. The van der Waals surface area contributed by atoms with E-state index in [1.165, 1.54) is 0 Å². The van der Waals surface area contributed by atoms with Gasteiger partial charge < -0.3 is 14.0 Å². The average Bonchev–Trinajstić information content (AvgIpc) is 3.43. The van der Waals surface area contributed by atoms with Crippen molar-refractivity contribution in [1.82, 2.24) is 39.4 Å². The van der Waals surface area contributed by atoms with Gasteiger partial charge in [0, 0.05) is 44.1 Å². The van der Waals surface area contributed by atoms with Crippen LogP contribution in [-0.2, 0) is 13.1 Å². The van der Waals surface area contributed by atoms with E-state index in [2.05, 4.69) is 36.9 Å². The lowest BCUT2D eigenvalue weighted by Gasteiger charge is -2.31. The van der Waals surface area contributed by atoms with Gasteiger partial charge in [-0.15, -0.1) is 10.2 Å². The van der Waals surface area contributed by atoms with Crippen molar-refractivity contribution in [2.75, 3.05) is 13.1 Å². The second-order valence-electron chi connectivity index (χ2n) is 6.49. The number of hydrogen-bond donors (Lipinski definition) is 1. The lowest BCUT2D eigenvalue weighted by atomic mass is 9.95. The Balaban J connectivity index is 1.44. The Labute approximate surface area is 151 Å². The monoisotopic (exact) mass is 354 g/mol. The number of piperidine rings is 1. The van der Waals surface area contributed by atoms with Gasteiger partial charge in [-0.05, 0) is 25.8 Å².